The highest BCUT2D eigenvalue weighted by atomic mass is 16.7. The number of nitrogens with zero attached hydrogens (tertiary/aromatic N) is 1. The molecule has 0 amide bonds. The van der Waals surface area contributed by atoms with E-state index in [0.717, 1.165) is 19.3 Å². The summed E-state index contributed by atoms with van der Waals surface area (Å²) < 4.78 is 0. The van der Waals surface area contributed by atoms with E-state index in [1.165, 1.54) is 12.2 Å². The number of allylic oxidation sites excluding steroid dienone is 2. The summed E-state index contributed by atoms with van der Waals surface area (Å²) in [5, 5.41) is 13.5. The van der Waals surface area contributed by atoms with E-state index in [4.69, 9.17) is 4.84 Å². The second-order valence-electron chi connectivity index (χ2n) is 5.72. The van der Waals surface area contributed by atoms with Crippen LogP contribution in [0.2, 0.25) is 0 Å². The molecule has 0 aliphatic carbocycles. The van der Waals surface area contributed by atoms with Gasteiger partial charge in [0.25, 0.3) is 0 Å². The maximum absolute atomic E-state index is 11.6. The van der Waals surface area contributed by atoms with E-state index in [2.05, 4.69) is 40.0 Å². The van der Waals surface area contributed by atoms with Gasteiger partial charge in [0.15, 0.2) is 0 Å². The van der Waals surface area contributed by atoms with Gasteiger partial charge in [0.05, 0.1) is 11.1 Å². The van der Waals surface area contributed by atoms with E-state index in [9.17, 15) is 5.11 Å². The summed E-state index contributed by atoms with van der Waals surface area (Å²) in [6, 6.07) is 0. The molecule has 17 heavy (non-hydrogen) atoms. The molecular formula is C14H22NO2. The SMILES string of the molecule is C=C=CC=C([O])ON1C(C)(C)CCCC1(C)C. The first-order chi connectivity index (χ1) is 7.79. The molecule has 0 aromatic rings. The van der Waals surface area contributed by atoms with Gasteiger partial charge in [0.2, 0.25) is 0 Å². The van der Waals surface area contributed by atoms with Crippen molar-refractivity contribution in [2.75, 3.05) is 0 Å². The zero-order valence-corrected chi connectivity index (χ0v) is 11.2. The lowest BCUT2D eigenvalue weighted by molar-refractivity contribution is -0.280. The Labute approximate surface area is 104 Å². The smallest absolute Gasteiger partial charge is 0.350 e. The van der Waals surface area contributed by atoms with E-state index in [0.29, 0.717) is 0 Å². The topological polar surface area (TPSA) is 32.4 Å². The van der Waals surface area contributed by atoms with Gasteiger partial charge >= 0.3 is 5.95 Å². The fourth-order valence-corrected chi connectivity index (χ4v) is 2.47. The van der Waals surface area contributed by atoms with Crippen molar-refractivity contribution in [2.24, 2.45) is 0 Å². The summed E-state index contributed by atoms with van der Waals surface area (Å²) in [7, 11) is 0. The standard InChI is InChI=1S/C14H22NO2/c1-6-7-9-12(16)17-15-13(2,3)10-8-11-14(15,4)5/h7,9H,1,8,10-11H2,2-5H3. The van der Waals surface area contributed by atoms with Crippen molar-refractivity contribution >= 4 is 0 Å². The first kappa shape index (κ1) is 13.9. The Morgan fingerprint density at radius 1 is 1.29 bits per heavy atom. The van der Waals surface area contributed by atoms with Gasteiger partial charge in [-0.25, -0.2) is 5.11 Å². The van der Waals surface area contributed by atoms with Crippen LogP contribution >= 0.6 is 0 Å². The molecule has 1 radical (unpaired) electrons. The molecule has 1 saturated heterocycles. The fourth-order valence-electron chi connectivity index (χ4n) is 2.47. The maximum atomic E-state index is 11.6. The predicted molar refractivity (Wildman–Crippen MR) is 67.4 cm³/mol. The predicted octanol–water partition coefficient (Wildman–Crippen LogP) is 3.57. The van der Waals surface area contributed by atoms with Gasteiger partial charge in [0.1, 0.15) is 0 Å². The molecule has 0 aromatic heterocycles. The summed E-state index contributed by atoms with van der Waals surface area (Å²) in [5.74, 6) is -0.371. The van der Waals surface area contributed by atoms with Gasteiger partial charge < -0.3 is 4.84 Å². The highest BCUT2D eigenvalue weighted by Gasteiger charge is 2.44. The van der Waals surface area contributed by atoms with E-state index < -0.39 is 0 Å². The Bertz CT molecular complexity index is 333. The molecule has 0 aromatic carbocycles. The number of hydrogen-bond donors (Lipinski definition) is 0. The monoisotopic (exact) mass is 236 g/mol. The van der Waals surface area contributed by atoms with Crippen LogP contribution in [0, 0.1) is 0 Å². The Balaban J connectivity index is 2.87. The lowest BCUT2D eigenvalue weighted by Crippen LogP contribution is -2.57. The van der Waals surface area contributed by atoms with Crippen LogP contribution in [0.25, 0.3) is 0 Å². The number of piperidine rings is 1. The molecule has 1 rings (SSSR count). The minimum atomic E-state index is -0.371. The number of hydroxylamine groups is 2. The fraction of sp³-hybridized carbons (Fsp3) is 0.643. The van der Waals surface area contributed by atoms with Crippen molar-refractivity contribution in [1.29, 1.82) is 0 Å². The Morgan fingerprint density at radius 3 is 2.29 bits per heavy atom. The summed E-state index contributed by atoms with van der Waals surface area (Å²) in [6.07, 6.45) is 6.02. The first-order valence-electron chi connectivity index (χ1n) is 6.01. The third-order valence-corrected chi connectivity index (χ3v) is 3.20. The molecule has 95 valence electrons. The quantitative estimate of drug-likeness (QED) is 0.426. The van der Waals surface area contributed by atoms with Crippen molar-refractivity contribution in [1.82, 2.24) is 5.06 Å². The average molecular weight is 236 g/mol. The third kappa shape index (κ3) is 3.39. The van der Waals surface area contributed by atoms with Gasteiger partial charge in [-0.1, -0.05) is 6.58 Å². The summed E-state index contributed by atoms with van der Waals surface area (Å²) in [5.41, 5.74) is 2.28. The first-order valence-corrected chi connectivity index (χ1v) is 6.01. The van der Waals surface area contributed by atoms with Gasteiger partial charge in [-0.3, -0.25) is 0 Å². The molecule has 1 fully saturated rings. The van der Waals surface area contributed by atoms with Crippen LogP contribution < -0.4 is 0 Å². The molecule has 3 heteroatoms. The molecule has 0 saturated carbocycles. The van der Waals surface area contributed by atoms with Crippen LogP contribution in [0.4, 0.5) is 0 Å². The third-order valence-electron chi connectivity index (χ3n) is 3.20. The number of rotatable bonds is 3. The van der Waals surface area contributed by atoms with E-state index in [1.54, 1.807) is 0 Å². The van der Waals surface area contributed by atoms with Crippen LogP contribution in [0.15, 0.2) is 30.4 Å². The van der Waals surface area contributed by atoms with Gasteiger partial charge in [-0.2, -0.15) is 0 Å². The number of hydrogen-bond acceptors (Lipinski definition) is 2. The summed E-state index contributed by atoms with van der Waals surface area (Å²) in [6.45, 7) is 11.8. The van der Waals surface area contributed by atoms with Crippen molar-refractivity contribution in [3.63, 3.8) is 0 Å². The van der Waals surface area contributed by atoms with Crippen LogP contribution in [0.5, 0.6) is 0 Å². The minimum absolute atomic E-state index is 0.122. The Morgan fingerprint density at radius 2 is 1.82 bits per heavy atom. The zero-order chi connectivity index (χ0) is 13.1. The highest BCUT2D eigenvalue weighted by Crippen LogP contribution is 2.38. The molecule has 0 unspecified atom stereocenters. The second-order valence-corrected chi connectivity index (χ2v) is 5.72. The lowest BCUT2D eigenvalue weighted by Gasteiger charge is -2.50. The molecule has 1 heterocycles. The largest absolute Gasteiger partial charge is 0.363 e. The Kier molecular flexibility index (Phi) is 4.07. The van der Waals surface area contributed by atoms with Crippen LogP contribution in [-0.2, 0) is 9.94 Å². The Hall–Kier alpha value is -1.18. The summed E-state index contributed by atoms with van der Waals surface area (Å²) in [4.78, 5) is 5.46. The molecule has 0 N–H and O–H groups in total. The molecule has 0 bridgehead atoms. The molecule has 1 aliphatic heterocycles. The lowest BCUT2D eigenvalue weighted by atomic mass is 9.82. The van der Waals surface area contributed by atoms with Gasteiger partial charge in [-0.05, 0) is 53.0 Å². The average Bonchev–Trinajstić information content (AvgIpc) is 2.20. The minimum Gasteiger partial charge on any atom is -0.363 e. The zero-order valence-electron chi connectivity index (χ0n) is 11.2. The maximum Gasteiger partial charge on any atom is 0.350 e. The second kappa shape index (κ2) is 4.99. The van der Waals surface area contributed by atoms with E-state index in [1.807, 2.05) is 5.06 Å². The van der Waals surface area contributed by atoms with Gasteiger partial charge in [-0.15, -0.1) is 10.8 Å². The normalized spacial score (nSPS) is 23.9. The van der Waals surface area contributed by atoms with E-state index in [-0.39, 0.29) is 17.0 Å². The van der Waals surface area contributed by atoms with Gasteiger partial charge in [0, 0.05) is 6.08 Å². The van der Waals surface area contributed by atoms with Crippen molar-refractivity contribution in [3.8, 4) is 0 Å². The molecule has 0 spiro atoms. The van der Waals surface area contributed by atoms with Crippen LogP contribution in [0.1, 0.15) is 47.0 Å². The molecular weight excluding hydrogens is 214 g/mol. The molecule has 3 nitrogen and oxygen atoms in total. The molecule has 1 aliphatic rings. The van der Waals surface area contributed by atoms with Crippen molar-refractivity contribution < 1.29 is 9.94 Å². The van der Waals surface area contributed by atoms with Crippen molar-refractivity contribution in [3.05, 3.63) is 30.4 Å². The van der Waals surface area contributed by atoms with Crippen LogP contribution in [0.3, 0.4) is 0 Å². The van der Waals surface area contributed by atoms with E-state index >= 15 is 0 Å². The van der Waals surface area contributed by atoms with Crippen LogP contribution in [-0.4, -0.2) is 16.1 Å². The highest BCUT2D eigenvalue weighted by molar-refractivity contribution is 5.01. The van der Waals surface area contributed by atoms with Crippen molar-refractivity contribution in [2.45, 2.75) is 58.0 Å². The molecule has 0 atom stereocenters. The summed E-state index contributed by atoms with van der Waals surface area (Å²) >= 11 is 0.